The summed E-state index contributed by atoms with van der Waals surface area (Å²) in [4.78, 5) is 0. The minimum Gasteiger partial charge on any atom is -0.378 e. The van der Waals surface area contributed by atoms with E-state index < -0.39 is 0 Å². The molecule has 1 unspecified atom stereocenters. The number of hydrogen-bond donors (Lipinski definition) is 1. The van der Waals surface area contributed by atoms with E-state index in [1.54, 1.807) is 0 Å². The van der Waals surface area contributed by atoms with Crippen LogP contribution in [0.4, 0.5) is 0 Å². The Morgan fingerprint density at radius 3 is 2.64 bits per heavy atom. The van der Waals surface area contributed by atoms with Gasteiger partial charge in [-0.1, -0.05) is 56.4 Å². The standard InChI is InChI=1S/C21H27N/c1-5-10-16(6-2)18-14-13-17(7-3)20(15-18)21-12-9-11-19(8-4)22-21/h5-6,9-15,21-22H,7-8H2,1-4H3/b10-5-,16-6+. The molecule has 1 aliphatic heterocycles. The van der Waals surface area contributed by atoms with Gasteiger partial charge in [-0.15, -0.1) is 0 Å². The van der Waals surface area contributed by atoms with Crippen molar-refractivity contribution in [2.75, 3.05) is 0 Å². The first kappa shape index (κ1) is 16.4. The Morgan fingerprint density at radius 1 is 1.18 bits per heavy atom. The zero-order chi connectivity index (χ0) is 15.9. The molecule has 0 spiro atoms. The number of aryl methyl sites for hydroxylation is 1. The van der Waals surface area contributed by atoms with E-state index in [-0.39, 0.29) is 6.04 Å². The van der Waals surface area contributed by atoms with Crippen molar-refractivity contribution in [2.24, 2.45) is 0 Å². The molecule has 0 aliphatic carbocycles. The first-order valence-corrected chi connectivity index (χ1v) is 8.29. The predicted molar refractivity (Wildman–Crippen MR) is 97.7 cm³/mol. The summed E-state index contributed by atoms with van der Waals surface area (Å²) in [5.74, 6) is 0. The van der Waals surface area contributed by atoms with Gasteiger partial charge < -0.3 is 5.32 Å². The predicted octanol–water partition coefficient (Wildman–Crippen LogP) is 5.72. The van der Waals surface area contributed by atoms with Gasteiger partial charge in [0, 0.05) is 5.70 Å². The molecule has 0 radical (unpaired) electrons. The van der Waals surface area contributed by atoms with Crippen molar-refractivity contribution in [3.8, 4) is 0 Å². The minimum atomic E-state index is 0.276. The van der Waals surface area contributed by atoms with E-state index in [1.165, 1.54) is 28.0 Å². The second-order valence-electron chi connectivity index (χ2n) is 5.56. The Morgan fingerprint density at radius 2 is 2.00 bits per heavy atom. The molecular formula is C21H27N. The molecular weight excluding hydrogens is 266 g/mol. The van der Waals surface area contributed by atoms with Crippen molar-refractivity contribution in [1.29, 1.82) is 0 Å². The minimum absolute atomic E-state index is 0.276. The van der Waals surface area contributed by atoms with Crippen LogP contribution in [-0.2, 0) is 6.42 Å². The van der Waals surface area contributed by atoms with Crippen molar-refractivity contribution in [2.45, 2.75) is 46.6 Å². The third kappa shape index (κ3) is 3.59. The van der Waals surface area contributed by atoms with Gasteiger partial charge >= 0.3 is 0 Å². The number of nitrogens with one attached hydrogen (secondary N) is 1. The van der Waals surface area contributed by atoms with Crippen molar-refractivity contribution < 1.29 is 0 Å². The molecule has 0 amide bonds. The number of hydrogen-bond acceptors (Lipinski definition) is 1. The van der Waals surface area contributed by atoms with Gasteiger partial charge in [0.1, 0.15) is 0 Å². The summed E-state index contributed by atoms with van der Waals surface area (Å²) in [6.45, 7) is 8.58. The van der Waals surface area contributed by atoms with E-state index in [1.807, 2.05) is 0 Å². The molecule has 1 aliphatic rings. The largest absolute Gasteiger partial charge is 0.378 e. The average Bonchev–Trinajstić information content (AvgIpc) is 2.59. The van der Waals surface area contributed by atoms with E-state index >= 15 is 0 Å². The lowest BCUT2D eigenvalue weighted by atomic mass is 9.92. The van der Waals surface area contributed by atoms with E-state index in [2.05, 4.69) is 87.7 Å². The molecule has 1 aromatic carbocycles. The van der Waals surface area contributed by atoms with Crippen LogP contribution in [0.2, 0.25) is 0 Å². The molecule has 0 aromatic heterocycles. The van der Waals surface area contributed by atoms with Crippen molar-refractivity contribution >= 4 is 5.57 Å². The van der Waals surface area contributed by atoms with Gasteiger partial charge in [0.15, 0.2) is 0 Å². The van der Waals surface area contributed by atoms with Crippen molar-refractivity contribution in [3.63, 3.8) is 0 Å². The molecule has 22 heavy (non-hydrogen) atoms. The summed E-state index contributed by atoms with van der Waals surface area (Å²) in [6, 6.07) is 7.13. The molecule has 1 N–H and O–H groups in total. The van der Waals surface area contributed by atoms with Crippen molar-refractivity contribution in [1.82, 2.24) is 5.32 Å². The summed E-state index contributed by atoms with van der Waals surface area (Å²) in [5.41, 5.74) is 6.67. The maximum absolute atomic E-state index is 3.65. The molecule has 1 heteroatoms. The van der Waals surface area contributed by atoms with Gasteiger partial charge in [0.25, 0.3) is 0 Å². The summed E-state index contributed by atoms with van der Waals surface area (Å²) in [6.07, 6.45) is 15.1. The number of rotatable bonds is 5. The van der Waals surface area contributed by atoms with Gasteiger partial charge in [-0.2, -0.15) is 0 Å². The van der Waals surface area contributed by atoms with Gasteiger partial charge in [0.2, 0.25) is 0 Å². The average molecular weight is 293 g/mol. The SMILES string of the molecule is C/C=C\C(=C/C)c1ccc(CC)c(C2C=CC=C(CC)N2)c1. The quantitative estimate of drug-likeness (QED) is 0.684. The molecule has 1 aromatic rings. The molecule has 0 saturated carbocycles. The molecule has 0 saturated heterocycles. The highest BCUT2D eigenvalue weighted by Gasteiger charge is 2.15. The summed E-state index contributed by atoms with van der Waals surface area (Å²) in [7, 11) is 0. The Hall–Kier alpha value is -2.02. The molecule has 116 valence electrons. The smallest absolute Gasteiger partial charge is 0.0700 e. The van der Waals surface area contributed by atoms with Crippen LogP contribution in [-0.4, -0.2) is 0 Å². The zero-order valence-corrected chi connectivity index (χ0v) is 14.2. The fourth-order valence-electron chi connectivity index (χ4n) is 2.90. The fourth-order valence-corrected chi connectivity index (χ4v) is 2.90. The van der Waals surface area contributed by atoms with Crippen LogP contribution in [0.3, 0.4) is 0 Å². The van der Waals surface area contributed by atoms with Gasteiger partial charge in [-0.3, -0.25) is 0 Å². The lowest BCUT2D eigenvalue weighted by Crippen LogP contribution is -2.22. The highest BCUT2D eigenvalue weighted by molar-refractivity contribution is 5.74. The molecule has 1 heterocycles. The third-order valence-corrected chi connectivity index (χ3v) is 4.18. The maximum atomic E-state index is 3.65. The number of allylic oxidation sites excluding steroid dienone is 7. The van der Waals surface area contributed by atoms with Crippen LogP contribution in [0.1, 0.15) is 56.8 Å². The second kappa shape index (κ2) is 7.84. The molecule has 1 nitrogen and oxygen atoms in total. The summed E-state index contributed by atoms with van der Waals surface area (Å²) in [5, 5.41) is 3.65. The Balaban J connectivity index is 2.41. The van der Waals surface area contributed by atoms with Crippen LogP contribution in [0.15, 0.2) is 60.4 Å². The molecule has 0 fully saturated rings. The second-order valence-corrected chi connectivity index (χ2v) is 5.56. The fraction of sp³-hybridized carbons (Fsp3) is 0.333. The highest BCUT2D eigenvalue weighted by atomic mass is 14.9. The summed E-state index contributed by atoms with van der Waals surface area (Å²) >= 11 is 0. The van der Waals surface area contributed by atoms with E-state index in [4.69, 9.17) is 0 Å². The summed E-state index contributed by atoms with van der Waals surface area (Å²) < 4.78 is 0. The number of dihydropyridines is 1. The van der Waals surface area contributed by atoms with Crippen LogP contribution in [0.25, 0.3) is 5.57 Å². The van der Waals surface area contributed by atoms with Crippen molar-refractivity contribution in [3.05, 3.63) is 77.0 Å². The van der Waals surface area contributed by atoms with Gasteiger partial charge in [-0.05, 0) is 61.1 Å². The highest BCUT2D eigenvalue weighted by Crippen LogP contribution is 2.28. The Bertz CT molecular complexity index is 629. The lowest BCUT2D eigenvalue weighted by Gasteiger charge is -2.24. The number of benzene rings is 1. The topological polar surface area (TPSA) is 12.0 Å². The van der Waals surface area contributed by atoms with Crippen LogP contribution >= 0.6 is 0 Å². The van der Waals surface area contributed by atoms with Crippen LogP contribution < -0.4 is 5.32 Å². The van der Waals surface area contributed by atoms with E-state index in [0.29, 0.717) is 0 Å². The normalized spacial score (nSPS) is 18.5. The Labute approximate surface area is 135 Å². The molecule has 0 bridgehead atoms. The maximum Gasteiger partial charge on any atom is 0.0700 e. The molecule has 1 atom stereocenters. The van der Waals surface area contributed by atoms with E-state index in [0.717, 1.165) is 12.8 Å². The van der Waals surface area contributed by atoms with E-state index in [9.17, 15) is 0 Å². The van der Waals surface area contributed by atoms with Gasteiger partial charge in [0.05, 0.1) is 6.04 Å². The van der Waals surface area contributed by atoms with Crippen LogP contribution in [0.5, 0.6) is 0 Å². The third-order valence-electron chi connectivity index (χ3n) is 4.18. The molecule has 2 rings (SSSR count). The first-order valence-electron chi connectivity index (χ1n) is 8.29. The van der Waals surface area contributed by atoms with Crippen LogP contribution in [0, 0.1) is 0 Å². The van der Waals surface area contributed by atoms with Gasteiger partial charge in [-0.25, -0.2) is 0 Å². The lowest BCUT2D eigenvalue weighted by molar-refractivity contribution is 0.674. The zero-order valence-electron chi connectivity index (χ0n) is 14.2. The monoisotopic (exact) mass is 293 g/mol. The first-order chi connectivity index (χ1) is 10.7. The Kier molecular flexibility index (Phi) is 5.83.